The van der Waals surface area contributed by atoms with Gasteiger partial charge in [0.05, 0.1) is 17.7 Å². The zero-order valence-electron chi connectivity index (χ0n) is 23.1. The average molecular weight is 552 g/mol. The van der Waals surface area contributed by atoms with E-state index in [4.69, 9.17) is 4.74 Å². The number of nitrogens with zero attached hydrogens (tertiary/aromatic N) is 2. The maximum atomic E-state index is 14.0. The average Bonchev–Trinajstić information content (AvgIpc) is 2.92. The van der Waals surface area contributed by atoms with E-state index in [2.05, 4.69) is 5.32 Å². The van der Waals surface area contributed by atoms with Crippen molar-refractivity contribution in [3.8, 4) is 5.75 Å². The topological polar surface area (TPSA) is 96.0 Å². The highest BCUT2D eigenvalue weighted by Gasteiger charge is 2.33. The van der Waals surface area contributed by atoms with Gasteiger partial charge in [-0.1, -0.05) is 55.0 Å². The highest BCUT2D eigenvalue weighted by Crippen LogP contribution is 2.26. The first-order chi connectivity index (χ1) is 18.6. The summed E-state index contributed by atoms with van der Waals surface area (Å²) in [6.07, 6.45) is 0.368. The summed E-state index contributed by atoms with van der Waals surface area (Å²) in [6.45, 7) is 7.13. The van der Waals surface area contributed by atoms with Crippen LogP contribution in [0.3, 0.4) is 0 Å². The minimum absolute atomic E-state index is 0.0240. The quantitative estimate of drug-likeness (QED) is 0.357. The predicted octanol–water partition coefficient (Wildman–Crippen LogP) is 4.53. The molecule has 3 aromatic carbocycles. The third kappa shape index (κ3) is 7.60. The summed E-state index contributed by atoms with van der Waals surface area (Å²) in [7, 11) is -2.63. The Morgan fingerprint density at radius 3 is 2.08 bits per heavy atom. The summed E-state index contributed by atoms with van der Waals surface area (Å²) in [4.78, 5) is 28.6. The highest BCUT2D eigenvalue weighted by molar-refractivity contribution is 7.92. The van der Waals surface area contributed by atoms with Gasteiger partial charge in [0.1, 0.15) is 18.3 Å². The lowest BCUT2D eigenvalue weighted by atomic mass is 10.1. The number of benzene rings is 3. The van der Waals surface area contributed by atoms with E-state index in [1.54, 1.807) is 36.4 Å². The molecule has 0 unspecified atom stereocenters. The van der Waals surface area contributed by atoms with Crippen LogP contribution >= 0.6 is 0 Å². The van der Waals surface area contributed by atoms with Crippen LogP contribution in [0.25, 0.3) is 0 Å². The fraction of sp³-hybridized carbons (Fsp3) is 0.333. The van der Waals surface area contributed by atoms with Crippen LogP contribution in [0.4, 0.5) is 5.69 Å². The van der Waals surface area contributed by atoms with Gasteiger partial charge in [0.25, 0.3) is 10.0 Å². The molecule has 0 aromatic heterocycles. The second-order valence-electron chi connectivity index (χ2n) is 9.62. The monoisotopic (exact) mass is 551 g/mol. The minimum atomic E-state index is -4.14. The van der Waals surface area contributed by atoms with E-state index in [1.807, 2.05) is 58.0 Å². The normalized spacial score (nSPS) is 12.1. The van der Waals surface area contributed by atoms with Crippen molar-refractivity contribution in [2.24, 2.45) is 0 Å². The van der Waals surface area contributed by atoms with Crippen LogP contribution < -0.4 is 14.4 Å². The van der Waals surface area contributed by atoms with Crippen molar-refractivity contribution in [1.29, 1.82) is 0 Å². The van der Waals surface area contributed by atoms with Gasteiger partial charge in [-0.3, -0.25) is 13.9 Å². The van der Waals surface area contributed by atoms with E-state index < -0.39 is 28.5 Å². The second kappa shape index (κ2) is 13.3. The molecule has 0 saturated heterocycles. The van der Waals surface area contributed by atoms with Crippen molar-refractivity contribution >= 4 is 27.5 Å². The molecule has 2 amide bonds. The fourth-order valence-corrected chi connectivity index (χ4v) is 5.61. The van der Waals surface area contributed by atoms with Gasteiger partial charge in [0.2, 0.25) is 11.8 Å². The number of hydrogen-bond donors (Lipinski definition) is 1. The molecule has 0 radical (unpaired) electrons. The van der Waals surface area contributed by atoms with Crippen LogP contribution in [0.2, 0.25) is 0 Å². The molecule has 208 valence electrons. The molecular weight excluding hydrogens is 514 g/mol. The van der Waals surface area contributed by atoms with E-state index in [0.29, 0.717) is 17.9 Å². The van der Waals surface area contributed by atoms with Gasteiger partial charge in [-0.05, 0) is 69.2 Å². The molecule has 0 aliphatic carbocycles. The Kier molecular flexibility index (Phi) is 10.1. The Morgan fingerprint density at radius 1 is 0.923 bits per heavy atom. The van der Waals surface area contributed by atoms with Gasteiger partial charge in [-0.15, -0.1) is 0 Å². The van der Waals surface area contributed by atoms with Crippen molar-refractivity contribution in [1.82, 2.24) is 10.2 Å². The molecule has 0 bridgehead atoms. The number of carbonyl (C=O) groups excluding carboxylic acids is 2. The van der Waals surface area contributed by atoms with Crippen molar-refractivity contribution in [2.75, 3.05) is 18.0 Å². The van der Waals surface area contributed by atoms with Crippen LogP contribution in [0.15, 0.2) is 83.8 Å². The first-order valence-corrected chi connectivity index (χ1v) is 14.4. The number of nitrogens with one attached hydrogen (secondary N) is 1. The van der Waals surface area contributed by atoms with E-state index >= 15 is 0 Å². The number of ether oxygens (including phenoxy) is 1. The number of rotatable bonds is 12. The lowest BCUT2D eigenvalue weighted by Gasteiger charge is -2.33. The Morgan fingerprint density at radius 2 is 1.54 bits per heavy atom. The summed E-state index contributed by atoms with van der Waals surface area (Å²) in [5.74, 6) is -0.248. The SMILES string of the molecule is CC[C@@H](C(=O)NC(C)C)N(Cc1ccccc1)C(=O)CN(c1ccc(C)cc1)S(=O)(=O)c1ccc(OC)cc1. The number of methoxy groups -OCH3 is 1. The molecule has 1 atom stereocenters. The summed E-state index contributed by atoms with van der Waals surface area (Å²) in [5, 5.41) is 2.90. The Balaban J connectivity index is 2.04. The van der Waals surface area contributed by atoms with Crippen molar-refractivity contribution in [3.63, 3.8) is 0 Å². The van der Waals surface area contributed by atoms with Crippen LogP contribution in [-0.2, 0) is 26.2 Å². The molecule has 3 aromatic rings. The van der Waals surface area contributed by atoms with Gasteiger partial charge in [-0.25, -0.2) is 8.42 Å². The molecule has 39 heavy (non-hydrogen) atoms. The highest BCUT2D eigenvalue weighted by atomic mass is 32.2. The lowest BCUT2D eigenvalue weighted by molar-refractivity contribution is -0.140. The number of hydrogen-bond acceptors (Lipinski definition) is 5. The summed E-state index contributed by atoms with van der Waals surface area (Å²) in [6, 6.07) is 21.4. The summed E-state index contributed by atoms with van der Waals surface area (Å²) in [5.41, 5.74) is 2.14. The first-order valence-electron chi connectivity index (χ1n) is 12.9. The predicted molar refractivity (Wildman–Crippen MR) is 153 cm³/mol. The molecule has 0 aliphatic rings. The van der Waals surface area contributed by atoms with Crippen molar-refractivity contribution in [2.45, 2.75) is 57.6 Å². The van der Waals surface area contributed by atoms with Gasteiger partial charge < -0.3 is 15.0 Å². The maximum absolute atomic E-state index is 14.0. The number of aryl methyl sites for hydroxylation is 1. The molecule has 8 nitrogen and oxygen atoms in total. The van der Waals surface area contributed by atoms with E-state index in [0.717, 1.165) is 15.4 Å². The van der Waals surface area contributed by atoms with Crippen LogP contribution in [-0.4, -0.2) is 50.9 Å². The zero-order valence-corrected chi connectivity index (χ0v) is 23.9. The van der Waals surface area contributed by atoms with Crippen LogP contribution in [0.5, 0.6) is 5.75 Å². The zero-order chi connectivity index (χ0) is 28.6. The Labute approximate surface area is 231 Å². The standard InChI is InChI=1S/C30H37N3O5S/c1-6-28(30(35)31-22(2)3)32(20-24-10-8-7-9-11-24)29(34)21-33(25-14-12-23(4)13-15-25)39(36,37)27-18-16-26(38-5)17-19-27/h7-19,22,28H,6,20-21H2,1-5H3,(H,31,35)/t28-/m0/s1. The third-order valence-corrected chi connectivity index (χ3v) is 8.05. The third-order valence-electron chi connectivity index (χ3n) is 6.26. The molecule has 0 heterocycles. The molecule has 0 fully saturated rings. The summed E-state index contributed by atoms with van der Waals surface area (Å²) < 4.78 is 34.0. The molecule has 1 N–H and O–H groups in total. The number of sulfonamides is 1. The van der Waals surface area contributed by atoms with Gasteiger partial charge in [-0.2, -0.15) is 0 Å². The minimum Gasteiger partial charge on any atom is -0.497 e. The van der Waals surface area contributed by atoms with Crippen molar-refractivity contribution < 1.29 is 22.7 Å². The molecular formula is C30H37N3O5S. The van der Waals surface area contributed by atoms with Gasteiger partial charge in [0.15, 0.2) is 0 Å². The number of carbonyl (C=O) groups is 2. The Hall–Kier alpha value is -3.85. The van der Waals surface area contributed by atoms with E-state index in [-0.39, 0.29) is 23.4 Å². The van der Waals surface area contributed by atoms with E-state index in [1.165, 1.54) is 24.1 Å². The Bertz CT molecular complexity index is 1340. The van der Waals surface area contributed by atoms with Crippen LogP contribution in [0, 0.1) is 6.92 Å². The van der Waals surface area contributed by atoms with Crippen LogP contribution in [0.1, 0.15) is 38.3 Å². The maximum Gasteiger partial charge on any atom is 0.264 e. The van der Waals surface area contributed by atoms with E-state index in [9.17, 15) is 18.0 Å². The van der Waals surface area contributed by atoms with Gasteiger partial charge >= 0.3 is 0 Å². The first kappa shape index (κ1) is 29.7. The van der Waals surface area contributed by atoms with Gasteiger partial charge in [0, 0.05) is 12.6 Å². The molecule has 0 saturated carbocycles. The largest absolute Gasteiger partial charge is 0.497 e. The number of amides is 2. The lowest BCUT2D eigenvalue weighted by Crippen LogP contribution is -2.53. The summed E-state index contributed by atoms with van der Waals surface area (Å²) >= 11 is 0. The van der Waals surface area contributed by atoms with Crippen molar-refractivity contribution in [3.05, 3.63) is 90.0 Å². The molecule has 0 aliphatic heterocycles. The number of anilines is 1. The molecule has 9 heteroatoms. The molecule has 0 spiro atoms. The molecule has 3 rings (SSSR count). The smallest absolute Gasteiger partial charge is 0.264 e. The fourth-order valence-electron chi connectivity index (χ4n) is 4.20. The second-order valence-corrected chi connectivity index (χ2v) is 11.5.